The van der Waals surface area contributed by atoms with Gasteiger partial charge in [0.15, 0.2) is 0 Å². The van der Waals surface area contributed by atoms with Crippen LogP contribution in [0.2, 0.25) is 5.02 Å². The van der Waals surface area contributed by atoms with E-state index in [2.05, 4.69) is 14.9 Å². The van der Waals surface area contributed by atoms with Gasteiger partial charge in [-0.15, -0.1) is 11.3 Å². The largest absolute Gasteiger partial charge is 0.369 e. The number of amides is 1. The Kier molecular flexibility index (Phi) is 5.95. The summed E-state index contributed by atoms with van der Waals surface area (Å²) in [7, 11) is 0. The molecule has 1 aliphatic heterocycles. The number of Topliss-reactive ketones (excluding diaryl/α,β-unsaturated/α-hetero) is 1. The fraction of sp³-hybridized carbons (Fsp3) is 0.458. The van der Waals surface area contributed by atoms with Gasteiger partial charge in [-0.25, -0.2) is 0 Å². The molecule has 0 bridgehead atoms. The second kappa shape index (κ2) is 8.87. The van der Waals surface area contributed by atoms with E-state index in [1.165, 1.54) is 30.6 Å². The fourth-order valence-corrected chi connectivity index (χ4v) is 6.22. The molecule has 0 radical (unpaired) electrons. The lowest BCUT2D eigenvalue weighted by Crippen LogP contribution is -2.33. The Balaban J connectivity index is 1.33. The lowest BCUT2D eigenvalue weighted by atomic mass is 9.96. The Morgan fingerprint density at radius 3 is 2.62 bits per heavy atom. The number of nitrogens with one attached hydrogen (secondary N) is 1. The monoisotopic (exact) mass is 470 g/mol. The molecule has 0 atom stereocenters. The lowest BCUT2D eigenvalue weighted by molar-refractivity contribution is -0.119. The first kappa shape index (κ1) is 21.5. The maximum atomic E-state index is 13.0. The molecule has 1 aliphatic carbocycles. The van der Waals surface area contributed by atoms with E-state index in [4.69, 9.17) is 16.7 Å². The van der Waals surface area contributed by atoms with Gasteiger partial charge in [-0.05, 0) is 44.0 Å². The summed E-state index contributed by atoms with van der Waals surface area (Å²) in [6.45, 7) is 3.38. The summed E-state index contributed by atoms with van der Waals surface area (Å²) in [5.74, 6) is 0.166. The van der Waals surface area contributed by atoms with Crippen LogP contribution in [-0.4, -0.2) is 34.6 Å². The number of fused-ring (bicyclic) bond motifs is 1. The maximum Gasteiger partial charge on any atom is 0.265 e. The number of ketones is 1. The number of hydrogen-bond acceptors (Lipinski definition) is 5. The van der Waals surface area contributed by atoms with Crippen LogP contribution in [0.5, 0.6) is 0 Å². The SMILES string of the molecule is Cc1nn(C2CCCCC2)c2sc(C(=O)Nc3ccc(N4CCC(=O)CC4)c(Cl)c3)cc12. The molecule has 5 rings (SSSR count). The normalized spacial score (nSPS) is 17.8. The second-order valence-electron chi connectivity index (χ2n) is 8.80. The highest BCUT2D eigenvalue weighted by Crippen LogP contribution is 2.36. The summed E-state index contributed by atoms with van der Waals surface area (Å²) >= 11 is 8.03. The Morgan fingerprint density at radius 1 is 1.16 bits per heavy atom. The molecule has 3 aromatic rings. The summed E-state index contributed by atoms with van der Waals surface area (Å²) in [4.78, 5) is 28.4. The van der Waals surface area contributed by atoms with E-state index < -0.39 is 0 Å². The van der Waals surface area contributed by atoms with Crippen LogP contribution in [0.1, 0.15) is 66.4 Å². The molecule has 1 saturated heterocycles. The van der Waals surface area contributed by atoms with E-state index in [0.29, 0.717) is 53.3 Å². The molecule has 0 spiro atoms. The zero-order valence-electron chi connectivity index (χ0n) is 18.2. The number of halogens is 1. The van der Waals surface area contributed by atoms with E-state index in [1.807, 2.05) is 25.1 Å². The number of rotatable bonds is 4. The van der Waals surface area contributed by atoms with Gasteiger partial charge in [0.2, 0.25) is 0 Å². The van der Waals surface area contributed by atoms with Crippen molar-refractivity contribution in [3.05, 3.63) is 39.9 Å². The number of nitrogens with zero attached hydrogens (tertiary/aromatic N) is 3. The molecule has 6 nitrogen and oxygen atoms in total. The third-order valence-electron chi connectivity index (χ3n) is 6.58. The van der Waals surface area contributed by atoms with Gasteiger partial charge in [0.05, 0.1) is 27.3 Å². The molecular formula is C24H27ClN4O2S. The van der Waals surface area contributed by atoms with Crippen molar-refractivity contribution in [3.63, 3.8) is 0 Å². The first-order valence-corrected chi connectivity index (χ1v) is 12.6. The number of piperidine rings is 1. The Labute approximate surface area is 196 Å². The summed E-state index contributed by atoms with van der Waals surface area (Å²) in [5, 5.41) is 9.42. The summed E-state index contributed by atoms with van der Waals surface area (Å²) in [5.41, 5.74) is 2.55. The molecule has 1 saturated carbocycles. The summed E-state index contributed by atoms with van der Waals surface area (Å²) < 4.78 is 2.15. The molecule has 1 amide bonds. The second-order valence-corrected chi connectivity index (χ2v) is 10.2. The van der Waals surface area contributed by atoms with Crippen molar-refractivity contribution < 1.29 is 9.59 Å². The highest BCUT2D eigenvalue weighted by atomic mass is 35.5. The number of carbonyl (C=O) groups excluding carboxylic acids is 2. The van der Waals surface area contributed by atoms with Gasteiger partial charge >= 0.3 is 0 Å². The van der Waals surface area contributed by atoms with Crippen LogP contribution in [0.3, 0.4) is 0 Å². The molecule has 168 valence electrons. The molecule has 2 aromatic heterocycles. The van der Waals surface area contributed by atoms with Crippen molar-refractivity contribution in [1.82, 2.24) is 9.78 Å². The van der Waals surface area contributed by atoms with Crippen molar-refractivity contribution in [3.8, 4) is 0 Å². The fourth-order valence-electron chi connectivity index (χ4n) is 4.79. The molecule has 1 aromatic carbocycles. The number of anilines is 2. The van der Waals surface area contributed by atoms with Crippen LogP contribution in [0.15, 0.2) is 24.3 Å². The topological polar surface area (TPSA) is 67.2 Å². The van der Waals surface area contributed by atoms with Crippen molar-refractivity contribution >= 4 is 56.2 Å². The van der Waals surface area contributed by atoms with Gasteiger partial charge in [-0.3, -0.25) is 14.3 Å². The highest BCUT2D eigenvalue weighted by Gasteiger charge is 2.23. The first-order chi connectivity index (χ1) is 15.5. The van der Waals surface area contributed by atoms with Crippen LogP contribution in [0.4, 0.5) is 11.4 Å². The van der Waals surface area contributed by atoms with Crippen LogP contribution in [0.25, 0.3) is 10.2 Å². The first-order valence-electron chi connectivity index (χ1n) is 11.4. The van der Waals surface area contributed by atoms with Crippen LogP contribution < -0.4 is 10.2 Å². The predicted molar refractivity (Wildman–Crippen MR) is 130 cm³/mol. The van der Waals surface area contributed by atoms with E-state index >= 15 is 0 Å². The molecule has 3 heterocycles. The van der Waals surface area contributed by atoms with Crippen LogP contribution in [0, 0.1) is 6.92 Å². The van der Waals surface area contributed by atoms with E-state index in [1.54, 1.807) is 6.07 Å². The molecule has 1 N–H and O–H groups in total. The standard InChI is InChI=1S/C24H27ClN4O2S/c1-15-19-14-22(32-24(19)29(27-15)17-5-3-2-4-6-17)23(31)26-16-7-8-21(20(25)13-16)28-11-9-18(30)10-12-28/h7-8,13-14,17H,2-6,9-12H2,1H3,(H,26,31). The van der Waals surface area contributed by atoms with Crippen molar-refractivity contribution in [1.29, 1.82) is 0 Å². The Hall–Kier alpha value is -2.38. The Bertz CT molecular complexity index is 1170. The average Bonchev–Trinajstić information content (AvgIpc) is 3.36. The van der Waals surface area contributed by atoms with Crippen molar-refractivity contribution in [2.75, 3.05) is 23.3 Å². The predicted octanol–water partition coefficient (Wildman–Crippen LogP) is 5.99. The van der Waals surface area contributed by atoms with Gasteiger partial charge < -0.3 is 10.2 Å². The molecule has 0 unspecified atom stereocenters. The van der Waals surface area contributed by atoms with Crippen LogP contribution in [-0.2, 0) is 4.79 Å². The van der Waals surface area contributed by atoms with E-state index in [-0.39, 0.29) is 5.91 Å². The third kappa shape index (κ3) is 4.16. The van der Waals surface area contributed by atoms with Gasteiger partial charge in [-0.2, -0.15) is 5.10 Å². The summed E-state index contributed by atoms with van der Waals surface area (Å²) in [6.07, 6.45) is 7.21. The maximum absolute atomic E-state index is 13.0. The molecule has 32 heavy (non-hydrogen) atoms. The smallest absolute Gasteiger partial charge is 0.265 e. The van der Waals surface area contributed by atoms with Crippen molar-refractivity contribution in [2.24, 2.45) is 0 Å². The minimum Gasteiger partial charge on any atom is -0.369 e. The average molecular weight is 471 g/mol. The van der Waals surface area contributed by atoms with Gasteiger partial charge in [0.25, 0.3) is 5.91 Å². The zero-order valence-corrected chi connectivity index (χ0v) is 19.8. The highest BCUT2D eigenvalue weighted by molar-refractivity contribution is 7.20. The number of aromatic nitrogens is 2. The number of hydrogen-bond donors (Lipinski definition) is 1. The molecule has 8 heteroatoms. The quantitative estimate of drug-likeness (QED) is 0.508. The molecule has 2 aliphatic rings. The van der Waals surface area contributed by atoms with Gasteiger partial charge in [0.1, 0.15) is 10.6 Å². The van der Waals surface area contributed by atoms with E-state index in [9.17, 15) is 9.59 Å². The minimum atomic E-state index is -0.131. The molecule has 2 fully saturated rings. The van der Waals surface area contributed by atoms with E-state index in [0.717, 1.165) is 34.4 Å². The zero-order chi connectivity index (χ0) is 22.2. The third-order valence-corrected chi connectivity index (χ3v) is 8.01. The minimum absolute atomic E-state index is 0.131. The number of aryl methyl sites for hydroxylation is 1. The number of thiophene rings is 1. The van der Waals surface area contributed by atoms with Gasteiger partial charge in [-0.1, -0.05) is 30.9 Å². The van der Waals surface area contributed by atoms with Crippen molar-refractivity contribution in [2.45, 2.75) is 57.9 Å². The number of benzene rings is 1. The Morgan fingerprint density at radius 2 is 1.91 bits per heavy atom. The molecular weight excluding hydrogens is 444 g/mol. The van der Waals surface area contributed by atoms with Gasteiger partial charge in [0, 0.05) is 37.0 Å². The number of carbonyl (C=O) groups is 2. The lowest BCUT2D eigenvalue weighted by Gasteiger charge is -2.29. The summed E-state index contributed by atoms with van der Waals surface area (Å²) in [6, 6.07) is 7.97. The van der Waals surface area contributed by atoms with Crippen LogP contribution >= 0.6 is 22.9 Å².